The lowest BCUT2D eigenvalue weighted by Crippen LogP contribution is -2.60. The number of nitrogens with zero attached hydrogens (tertiary/aromatic N) is 2. The summed E-state index contributed by atoms with van der Waals surface area (Å²) in [5.74, 6) is -0.440. The predicted molar refractivity (Wildman–Crippen MR) is 81.1 cm³/mol. The van der Waals surface area contributed by atoms with E-state index >= 15 is 0 Å². The summed E-state index contributed by atoms with van der Waals surface area (Å²) in [6.07, 6.45) is -6.85. The highest BCUT2D eigenvalue weighted by atomic mass is 16.6. The number of aromatic nitrogens is 2. The molecule has 1 aliphatic rings. The number of nitrogens with one attached hydrogen (secondary N) is 2. The maximum Gasteiger partial charge on any atom is 0.278 e. The summed E-state index contributed by atoms with van der Waals surface area (Å²) in [7, 11) is 1.30. The predicted octanol–water partition coefficient (Wildman–Crippen LogP) is -3.84. The van der Waals surface area contributed by atoms with E-state index in [1.165, 1.54) is 7.05 Å². The third-order valence-corrected chi connectivity index (χ3v) is 3.60. The van der Waals surface area contributed by atoms with Crippen LogP contribution in [0.15, 0.2) is 4.79 Å². The van der Waals surface area contributed by atoms with Crippen molar-refractivity contribution in [2.75, 3.05) is 29.6 Å². The van der Waals surface area contributed by atoms with Crippen LogP contribution in [0.1, 0.15) is 0 Å². The molecule has 1 fully saturated rings. The van der Waals surface area contributed by atoms with Crippen LogP contribution in [0, 0.1) is 0 Å². The van der Waals surface area contributed by atoms with E-state index < -0.39 is 42.8 Å². The molecule has 0 spiro atoms. The van der Waals surface area contributed by atoms with Crippen LogP contribution in [0.2, 0.25) is 0 Å². The number of aliphatic hydroxyl groups excluding tert-OH is 4. The minimum absolute atomic E-state index is 0.185. The number of ether oxygens (including phenoxy) is 1. The van der Waals surface area contributed by atoms with Crippen molar-refractivity contribution in [2.45, 2.75) is 30.6 Å². The van der Waals surface area contributed by atoms with Gasteiger partial charge in [-0.15, -0.1) is 0 Å². The molecule has 0 aliphatic carbocycles. The van der Waals surface area contributed by atoms with E-state index in [2.05, 4.69) is 15.3 Å². The van der Waals surface area contributed by atoms with Crippen LogP contribution in [0.25, 0.3) is 0 Å². The van der Waals surface area contributed by atoms with Gasteiger partial charge in [-0.05, 0) is 0 Å². The highest BCUT2D eigenvalue weighted by Gasteiger charge is 2.43. The summed E-state index contributed by atoms with van der Waals surface area (Å²) in [5, 5.41) is 41.2. The molecule has 5 atom stereocenters. The second-order valence-electron chi connectivity index (χ2n) is 5.26. The fourth-order valence-corrected chi connectivity index (χ4v) is 2.32. The Labute approximate surface area is 135 Å². The van der Waals surface area contributed by atoms with Crippen LogP contribution < -0.4 is 21.5 Å². The minimum atomic E-state index is -1.61. The van der Waals surface area contributed by atoms with Crippen molar-refractivity contribution in [2.24, 2.45) is 0 Å². The Balaban J connectivity index is 2.36. The average Bonchev–Trinajstić information content (AvgIpc) is 2.54. The van der Waals surface area contributed by atoms with Gasteiger partial charge in [0.25, 0.3) is 5.56 Å². The fourth-order valence-electron chi connectivity index (χ4n) is 2.32. The van der Waals surface area contributed by atoms with E-state index in [0.717, 1.165) is 4.90 Å². The maximum atomic E-state index is 12.0. The molecule has 1 amide bonds. The Morgan fingerprint density at radius 1 is 1.38 bits per heavy atom. The van der Waals surface area contributed by atoms with E-state index in [0.29, 0.717) is 6.41 Å². The molecule has 2 rings (SSSR count). The molecule has 1 saturated heterocycles. The number of amides is 1. The van der Waals surface area contributed by atoms with Crippen LogP contribution in [-0.4, -0.2) is 81.1 Å². The molecular formula is C12H19N5O7. The van der Waals surface area contributed by atoms with E-state index in [-0.39, 0.29) is 17.5 Å². The Morgan fingerprint density at radius 2 is 2.04 bits per heavy atom. The van der Waals surface area contributed by atoms with Crippen LogP contribution >= 0.6 is 0 Å². The van der Waals surface area contributed by atoms with Gasteiger partial charge in [0.2, 0.25) is 12.4 Å². The van der Waals surface area contributed by atoms with Crippen LogP contribution in [0.5, 0.6) is 0 Å². The van der Waals surface area contributed by atoms with Gasteiger partial charge in [0, 0.05) is 7.05 Å². The first-order valence-electron chi connectivity index (χ1n) is 6.95. The molecule has 134 valence electrons. The zero-order valence-electron chi connectivity index (χ0n) is 12.7. The zero-order valence-corrected chi connectivity index (χ0v) is 12.7. The zero-order chi connectivity index (χ0) is 18.0. The molecular weight excluding hydrogens is 326 g/mol. The third-order valence-electron chi connectivity index (χ3n) is 3.60. The second-order valence-corrected chi connectivity index (χ2v) is 5.26. The van der Waals surface area contributed by atoms with Crippen molar-refractivity contribution in [1.82, 2.24) is 9.97 Å². The molecule has 1 aliphatic heterocycles. The fraction of sp³-hybridized carbons (Fsp3) is 0.583. The molecule has 12 nitrogen and oxygen atoms in total. The normalized spacial score (nSPS) is 30.0. The number of rotatable bonds is 5. The summed E-state index contributed by atoms with van der Waals surface area (Å²) >= 11 is 0. The number of hydrogen-bond donors (Lipinski definition) is 7. The molecule has 0 bridgehead atoms. The van der Waals surface area contributed by atoms with Crippen molar-refractivity contribution in [1.29, 1.82) is 0 Å². The summed E-state index contributed by atoms with van der Waals surface area (Å²) in [6, 6.07) is 0. The van der Waals surface area contributed by atoms with Crippen LogP contribution in [0.4, 0.5) is 17.5 Å². The summed E-state index contributed by atoms with van der Waals surface area (Å²) < 4.78 is 5.26. The highest BCUT2D eigenvalue weighted by molar-refractivity contribution is 5.80. The monoisotopic (exact) mass is 345 g/mol. The number of aliphatic hydroxyl groups is 4. The van der Waals surface area contributed by atoms with Gasteiger partial charge in [-0.25, -0.2) is 0 Å². The molecule has 12 heteroatoms. The molecule has 2 heterocycles. The summed E-state index contributed by atoms with van der Waals surface area (Å²) in [6.45, 7) is -0.616. The lowest BCUT2D eigenvalue weighted by Gasteiger charge is -2.40. The van der Waals surface area contributed by atoms with E-state index in [1.807, 2.05) is 0 Å². The molecule has 0 radical (unpaired) electrons. The van der Waals surface area contributed by atoms with Gasteiger partial charge in [-0.3, -0.25) is 14.6 Å². The summed E-state index contributed by atoms with van der Waals surface area (Å²) in [4.78, 5) is 29.9. The largest absolute Gasteiger partial charge is 0.394 e. The van der Waals surface area contributed by atoms with Crippen molar-refractivity contribution in [3.8, 4) is 0 Å². The standard InChI is InChI=1S/C12H19N5O7/c1-17(3-19)5-9(15-12(13)16-10(5)23)14-11-8(22)7(21)6(20)4(2-18)24-11/h3-4,6-8,11,18,20-22H,2H2,1H3,(H4,13,14,15,16,23)/t4-,6-,7+,8-,11-/m1/s1. The lowest BCUT2D eigenvalue weighted by molar-refractivity contribution is -0.221. The number of H-pyrrole nitrogens is 1. The Morgan fingerprint density at radius 3 is 2.62 bits per heavy atom. The molecule has 0 saturated carbocycles. The average molecular weight is 345 g/mol. The van der Waals surface area contributed by atoms with Gasteiger partial charge in [-0.1, -0.05) is 0 Å². The SMILES string of the molecule is CN(C=O)c1c(N[C@@H]2O[C@H](CO)[C@@H](O)[C@H](O)[C@H]2O)nc(N)[nH]c1=O. The number of anilines is 3. The summed E-state index contributed by atoms with van der Waals surface area (Å²) in [5.41, 5.74) is 4.55. The molecule has 24 heavy (non-hydrogen) atoms. The quantitative estimate of drug-likeness (QED) is 0.260. The maximum absolute atomic E-state index is 12.0. The Bertz CT molecular complexity index is 651. The number of nitrogens with two attached hydrogens (primary N) is 1. The number of hydrogen-bond acceptors (Lipinski definition) is 10. The number of carbonyl (C=O) groups excluding carboxylic acids is 1. The van der Waals surface area contributed by atoms with Crippen molar-refractivity contribution in [3.05, 3.63) is 10.4 Å². The third kappa shape index (κ3) is 3.32. The molecule has 0 unspecified atom stereocenters. The van der Waals surface area contributed by atoms with Crippen molar-refractivity contribution in [3.63, 3.8) is 0 Å². The lowest BCUT2D eigenvalue weighted by atomic mass is 9.98. The smallest absolute Gasteiger partial charge is 0.278 e. The number of aromatic amines is 1. The first-order valence-corrected chi connectivity index (χ1v) is 6.95. The van der Waals surface area contributed by atoms with Gasteiger partial charge in [0.1, 0.15) is 24.4 Å². The number of nitrogen functional groups attached to an aromatic ring is 1. The molecule has 0 aromatic carbocycles. The van der Waals surface area contributed by atoms with Gasteiger partial charge >= 0.3 is 0 Å². The van der Waals surface area contributed by atoms with Gasteiger partial charge in [0.15, 0.2) is 17.7 Å². The minimum Gasteiger partial charge on any atom is -0.394 e. The van der Waals surface area contributed by atoms with Gasteiger partial charge < -0.3 is 41.1 Å². The van der Waals surface area contributed by atoms with E-state index in [9.17, 15) is 24.9 Å². The first kappa shape index (κ1) is 18.1. The van der Waals surface area contributed by atoms with Gasteiger partial charge in [0.05, 0.1) is 6.61 Å². The van der Waals surface area contributed by atoms with E-state index in [1.54, 1.807) is 0 Å². The van der Waals surface area contributed by atoms with Crippen LogP contribution in [0.3, 0.4) is 0 Å². The van der Waals surface area contributed by atoms with E-state index in [4.69, 9.17) is 15.6 Å². The Kier molecular flexibility index (Phi) is 5.36. The second kappa shape index (κ2) is 7.11. The molecule has 8 N–H and O–H groups in total. The van der Waals surface area contributed by atoms with Gasteiger partial charge in [-0.2, -0.15) is 4.98 Å². The number of carbonyl (C=O) groups is 1. The first-order chi connectivity index (χ1) is 11.3. The molecule has 1 aromatic rings. The van der Waals surface area contributed by atoms with Crippen LogP contribution in [-0.2, 0) is 9.53 Å². The topological polar surface area (TPSA) is 194 Å². The Hall–Kier alpha value is -2.25. The van der Waals surface area contributed by atoms with Crippen molar-refractivity contribution >= 4 is 23.9 Å². The van der Waals surface area contributed by atoms with Crippen molar-refractivity contribution < 1.29 is 30.0 Å². The highest BCUT2D eigenvalue weighted by Crippen LogP contribution is 2.25. The molecule has 1 aromatic heterocycles.